The van der Waals surface area contributed by atoms with E-state index in [1.54, 1.807) is 24.3 Å². The van der Waals surface area contributed by atoms with Crippen LogP contribution in [0.2, 0.25) is 10.3 Å². The first-order valence-corrected chi connectivity index (χ1v) is 6.65. The largest absolute Gasteiger partial charge is 0.261 e. The van der Waals surface area contributed by atoms with Gasteiger partial charge in [-0.3, -0.25) is 4.57 Å². The van der Waals surface area contributed by atoms with Crippen LogP contribution in [0.3, 0.4) is 0 Å². The molecular formula is C14H7Cl2F2N3. The average Bonchev–Trinajstić information content (AvgIpc) is 2.81. The van der Waals surface area contributed by atoms with Gasteiger partial charge in [-0.25, -0.2) is 8.78 Å². The van der Waals surface area contributed by atoms with E-state index in [1.807, 2.05) is 6.07 Å². The molecule has 7 heteroatoms. The molecule has 0 atom stereocenters. The lowest BCUT2D eigenvalue weighted by molar-refractivity contribution is 0.578. The molecule has 2 aromatic carbocycles. The van der Waals surface area contributed by atoms with Crippen LogP contribution in [0.5, 0.6) is 0 Å². The summed E-state index contributed by atoms with van der Waals surface area (Å²) >= 11 is 11.9. The minimum Gasteiger partial charge on any atom is -0.261 e. The molecule has 0 aliphatic carbocycles. The molecule has 0 bridgehead atoms. The van der Waals surface area contributed by atoms with Crippen molar-refractivity contribution in [3.05, 3.63) is 64.4 Å². The van der Waals surface area contributed by atoms with E-state index in [1.165, 1.54) is 4.57 Å². The Labute approximate surface area is 128 Å². The van der Waals surface area contributed by atoms with Gasteiger partial charge < -0.3 is 0 Å². The molecule has 3 aromatic rings. The molecule has 1 heterocycles. The Morgan fingerprint density at radius 3 is 2.33 bits per heavy atom. The topological polar surface area (TPSA) is 30.7 Å². The molecule has 0 unspecified atom stereocenters. The summed E-state index contributed by atoms with van der Waals surface area (Å²) < 4.78 is 28.5. The van der Waals surface area contributed by atoms with E-state index in [4.69, 9.17) is 23.2 Å². The Kier molecular flexibility index (Phi) is 3.61. The van der Waals surface area contributed by atoms with Crippen molar-refractivity contribution in [2.45, 2.75) is 0 Å². The summed E-state index contributed by atoms with van der Waals surface area (Å²) in [5, 5.41) is 7.47. The van der Waals surface area contributed by atoms with Crippen molar-refractivity contribution in [2.75, 3.05) is 0 Å². The molecule has 0 fully saturated rings. The normalized spacial score (nSPS) is 10.9. The van der Waals surface area contributed by atoms with Crippen LogP contribution in [0.4, 0.5) is 8.78 Å². The van der Waals surface area contributed by atoms with Gasteiger partial charge in [-0.05, 0) is 17.7 Å². The number of hydrogen-bond acceptors (Lipinski definition) is 2. The number of aromatic nitrogens is 3. The number of benzene rings is 2. The zero-order chi connectivity index (χ0) is 15.0. The van der Waals surface area contributed by atoms with E-state index in [2.05, 4.69) is 10.2 Å². The lowest BCUT2D eigenvalue weighted by atomic mass is 10.2. The first-order chi connectivity index (χ1) is 10.1. The molecule has 0 aliphatic heterocycles. The number of halogens is 4. The zero-order valence-electron chi connectivity index (χ0n) is 10.4. The van der Waals surface area contributed by atoms with Gasteiger partial charge in [0.05, 0.1) is 5.02 Å². The van der Waals surface area contributed by atoms with Crippen LogP contribution in [0.25, 0.3) is 17.1 Å². The molecule has 3 nitrogen and oxygen atoms in total. The summed E-state index contributed by atoms with van der Waals surface area (Å²) in [6.07, 6.45) is 0. The summed E-state index contributed by atoms with van der Waals surface area (Å²) in [4.78, 5) is 0. The van der Waals surface area contributed by atoms with E-state index < -0.39 is 11.6 Å². The van der Waals surface area contributed by atoms with Gasteiger partial charge in [0, 0.05) is 11.6 Å². The molecule has 0 radical (unpaired) electrons. The Morgan fingerprint density at radius 2 is 1.67 bits per heavy atom. The molecule has 0 aliphatic rings. The van der Waals surface area contributed by atoms with Crippen molar-refractivity contribution in [3.63, 3.8) is 0 Å². The van der Waals surface area contributed by atoms with Crippen molar-refractivity contribution in [3.8, 4) is 17.1 Å². The first kappa shape index (κ1) is 14.0. The Morgan fingerprint density at radius 1 is 0.952 bits per heavy atom. The Balaban J connectivity index is 2.28. The lowest BCUT2D eigenvalue weighted by Gasteiger charge is -2.11. The molecular weight excluding hydrogens is 319 g/mol. The SMILES string of the molecule is Fc1cc(F)c(-n2c(Cl)nnc2-c2ccccc2)c(Cl)c1. The molecule has 0 spiro atoms. The van der Waals surface area contributed by atoms with Crippen LogP contribution >= 0.6 is 23.2 Å². The highest BCUT2D eigenvalue weighted by molar-refractivity contribution is 6.33. The van der Waals surface area contributed by atoms with E-state index in [0.29, 0.717) is 11.4 Å². The third kappa shape index (κ3) is 2.50. The second-order valence-corrected chi connectivity index (χ2v) is 4.96. The molecule has 0 saturated carbocycles. The monoisotopic (exact) mass is 325 g/mol. The number of hydrogen-bond donors (Lipinski definition) is 0. The predicted molar refractivity (Wildman–Crippen MR) is 76.7 cm³/mol. The quantitative estimate of drug-likeness (QED) is 0.693. The summed E-state index contributed by atoms with van der Waals surface area (Å²) in [5.41, 5.74) is 0.587. The molecule has 21 heavy (non-hydrogen) atoms. The van der Waals surface area contributed by atoms with Gasteiger partial charge in [0.2, 0.25) is 5.28 Å². The fourth-order valence-electron chi connectivity index (χ4n) is 1.99. The fraction of sp³-hybridized carbons (Fsp3) is 0. The van der Waals surface area contributed by atoms with Gasteiger partial charge in [0.25, 0.3) is 0 Å². The third-order valence-corrected chi connectivity index (χ3v) is 3.39. The molecule has 0 amide bonds. The zero-order valence-corrected chi connectivity index (χ0v) is 11.9. The van der Waals surface area contributed by atoms with Crippen LogP contribution in [0, 0.1) is 11.6 Å². The van der Waals surface area contributed by atoms with Crippen LogP contribution in [-0.4, -0.2) is 14.8 Å². The maximum absolute atomic E-state index is 14.1. The van der Waals surface area contributed by atoms with Gasteiger partial charge in [0.1, 0.15) is 11.5 Å². The average molecular weight is 326 g/mol. The van der Waals surface area contributed by atoms with Gasteiger partial charge in [-0.1, -0.05) is 41.9 Å². The van der Waals surface area contributed by atoms with E-state index in [-0.39, 0.29) is 16.0 Å². The van der Waals surface area contributed by atoms with Gasteiger partial charge >= 0.3 is 0 Å². The lowest BCUT2D eigenvalue weighted by Crippen LogP contribution is -2.02. The molecule has 106 valence electrons. The van der Waals surface area contributed by atoms with Gasteiger partial charge in [-0.2, -0.15) is 0 Å². The second-order valence-electron chi connectivity index (χ2n) is 4.21. The van der Waals surface area contributed by atoms with Crippen molar-refractivity contribution in [2.24, 2.45) is 0 Å². The Hall–Kier alpha value is -1.98. The first-order valence-electron chi connectivity index (χ1n) is 5.89. The molecule has 3 rings (SSSR count). The Bertz CT molecular complexity index is 780. The van der Waals surface area contributed by atoms with E-state index >= 15 is 0 Å². The molecule has 0 saturated heterocycles. The van der Waals surface area contributed by atoms with Gasteiger partial charge in [0.15, 0.2) is 11.6 Å². The molecule has 0 N–H and O–H groups in total. The summed E-state index contributed by atoms with van der Waals surface area (Å²) in [7, 11) is 0. The van der Waals surface area contributed by atoms with Crippen molar-refractivity contribution in [1.82, 2.24) is 14.8 Å². The van der Waals surface area contributed by atoms with Crippen LogP contribution in [0.1, 0.15) is 0 Å². The maximum Gasteiger partial charge on any atom is 0.230 e. The van der Waals surface area contributed by atoms with Crippen molar-refractivity contribution >= 4 is 23.2 Å². The number of nitrogens with zero attached hydrogens (tertiary/aromatic N) is 3. The van der Waals surface area contributed by atoms with Gasteiger partial charge in [-0.15, -0.1) is 10.2 Å². The minimum atomic E-state index is -0.848. The minimum absolute atomic E-state index is 0.0683. The molecule has 1 aromatic heterocycles. The van der Waals surface area contributed by atoms with Crippen LogP contribution in [0.15, 0.2) is 42.5 Å². The highest BCUT2D eigenvalue weighted by Crippen LogP contribution is 2.31. The van der Waals surface area contributed by atoms with Crippen molar-refractivity contribution < 1.29 is 8.78 Å². The van der Waals surface area contributed by atoms with E-state index in [0.717, 1.165) is 12.1 Å². The summed E-state index contributed by atoms with van der Waals surface area (Å²) in [6.45, 7) is 0. The fourth-order valence-corrected chi connectivity index (χ4v) is 2.47. The van der Waals surface area contributed by atoms with Crippen molar-refractivity contribution in [1.29, 1.82) is 0 Å². The van der Waals surface area contributed by atoms with Crippen LogP contribution < -0.4 is 0 Å². The summed E-state index contributed by atoms with van der Waals surface area (Å²) in [6, 6.07) is 10.7. The van der Waals surface area contributed by atoms with E-state index in [9.17, 15) is 8.78 Å². The maximum atomic E-state index is 14.1. The highest BCUT2D eigenvalue weighted by atomic mass is 35.5. The second kappa shape index (κ2) is 5.42. The van der Waals surface area contributed by atoms with Crippen LogP contribution in [-0.2, 0) is 0 Å². The standard InChI is InChI=1S/C14H7Cl2F2N3/c15-10-6-9(17)7-11(18)12(10)21-13(19-20-14(21)16)8-4-2-1-3-5-8/h1-7H. The summed E-state index contributed by atoms with van der Waals surface area (Å²) in [5.74, 6) is -1.31. The third-order valence-electron chi connectivity index (χ3n) is 2.86. The number of rotatable bonds is 2. The predicted octanol–water partition coefficient (Wildman–Crippen LogP) is 4.52. The highest BCUT2D eigenvalue weighted by Gasteiger charge is 2.20. The smallest absolute Gasteiger partial charge is 0.230 e.